The van der Waals surface area contributed by atoms with Crippen molar-refractivity contribution in [3.05, 3.63) is 86.5 Å². The lowest BCUT2D eigenvalue weighted by atomic mass is 10.2. The molecule has 0 radical (unpaired) electrons. The zero-order chi connectivity index (χ0) is 17.8. The first-order chi connectivity index (χ1) is 12.1. The summed E-state index contributed by atoms with van der Waals surface area (Å²) < 4.78 is 1.33. The van der Waals surface area contributed by atoms with Gasteiger partial charge >= 0.3 is 0 Å². The van der Waals surface area contributed by atoms with Crippen molar-refractivity contribution in [2.24, 2.45) is 0 Å². The van der Waals surface area contributed by atoms with E-state index in [1.165, 1.54) is 16.8 Å². The minimum Gasteiger partial charge on any atom is -0.333 e. The van der Waals surface area contributed by atoms with Crippen molar-refractivity contribution in [2.75, 3.05) is 7.05 Å². The molecule has 128 valence electrons. The van der Waals surface area contributed by atoms with Gasteiger partial charge in [0.1, 0.15) is 5.69 Å². The Morgan fingerprint density at radius 1 is 1.16 bits per heavy atom. The highest BCUT2D eigenvalue weighted by atomic mass is 32.1. The predicted molar refractivity (Wildman–Crippen MR) is 98.9 cm³/mol. The Hall–Kier alpha value is -2.73. The van der Waals surface area contributed by atoms with Gasteiger partial charge in [0.25, 0.3) is 11.5 Å². The molecule has 0 spiro atoms. The molecule has 1 aromatic carbocycles. The topological polar surface area (TPSA) is 55.2 Å². The van der Waals surface area contributed by atoms with E-state index in [-0.39, 0.29) is 23.2 Å². The first-order valence-corrected chi connectivity index (χ1v) is 8.87. The van der Waals surface area contributed by atoms with Crippen molar-refractivity contribution in [3.63, 3.8) is 0 Å². The largest absolute Gasteiger partial charge is 0.333 e. The van der Waals surface area contributed by atoms with Crippen LogP contribution in [-0.2, 0) is 6.54 Å². The lowest BCUT2D eigenvalue weighted by Crippen LogP contribution is -2.32. The minimum atomic E-state index is -0.227. The van der Waals surface area contributed by atoms with Gasteiger partial charge in [-0.1, -0.05) is 36.4 Å². The van der Waals surface area contributed by atoms with Crippen LogP contribution < -0.4 is 5.56 Å². The van der Waals surface area contributed by atoms with Crippen LogP contribution in [0.2, 0.25) is 0 Å². The number of carbonyl (C=O) groups excluding carboxylic acids is 1. The van der Waals surface area contributed by atoms with Gasteiger partial charge in [-0.2, -0.15) is 5.10 Å². The van der Waals surface area contributed by atoms with Crippen LogP contribution in [0.15, 0.2) is 64.8 Å². The minimum absolute atomic E-state index is 0.0520. The molecule has 25 heavy (non-hydrogen) atoms. The molecule has 0 saturated carbocycles. The Morgan fingerprint density at radius 3 is 2.60 bits per heavy atom. The van der Waals surface area contributed by atoms with Crippen LogP contribution in [0.3, 0.4) is 0 Å². The second kappa shape index (κ2) is 7.44. The van der Waals surface area contributed by atoms with Gasteiger partial charge < -0.3 is 4.90 Å². The average molecular weight is 353 g/mol. The van der Waals surface area contributed by atoms with E-state index in [1.54, 1.807) is 23.3 Å². The van der Waals surface area contributed by atoms with Gasteiger partial charge in [0, 0.05) is 18.0 Å². The predicted octanol–water partition coefficient (Wildman–Crippen LogP) is 3.19. The third kappa shape index (κ3) is 3.85. The molecule has 1 atom stereocenters. The summed E-state index contributed by atoms with van der Waals surface area (Å²) in [7, 11) is 1.75. The summed E-state index contributed by atoms with van der Waals surface area (Å²) in [6, 6.07) is 16.4. The van der Waals surface area contributed by atoms with Crippen LogP contribution in [-0.4, -0.2) is 27.6 Å². The molecule has 2 heterocycles. The molecule has 3 aromatic rings. The molecule has 3 rings (SSSR count). The monoisotopic (exact) mass is 353 g/mol. The Balaban J connectivity index is 1.83. The van der Waals surface area contributed by atoms with Crippen molar-refractivity contribution in [3.8, 4) is 0 Å². The van der Waals surface area contributed by atoms with E-state index in [0.29, 0.717) is 6.54 Å². The summed E-state index contributed by atoms with van der Waals surface area (Å²) in [6.45, 7) is 2.31. The van der Waals surface area contributed by atoms with E-state index in [9.17, 15) is 9.59 Å². The molecular formula is C19H19N3O2S. The number of carbonyl (C=O) groups is 1. The van der Waals surface area contributed by atoms with E-state index in [1.807, 2.05) is 54.8 Å². The van der Waals surface area contributed by atoms with Crippen LogP contribution in [0.4, 0.5) is 0 Å². The zero-order valence-corrected chi connectivity index (χ0v) is 14.9. The van der Waals surface area contributed by atoms with Crippen LogP contribution >= 0.6 is 11.3 Å². The highest BCUT2D eigenvalue weighted by Gasteiger charge is 2.21. The molecule has 0 aliphatic rings. The molecule has 1 unspecified atom stereocenters. The molecule has 0 saturated heterocycles. The Morgan fingerprint density at radius 2 is 1.92 bits per heavy atom. The number of amides is 1. The maximum Gasteiger partial charge on any atom is 0.274 e. The number of thiophene rings is 1. The molecule has 2 aromatic heterocycles. The number of rotatable bonds is 5. The maximum absolute atomic E-state index is 12.7. The van der Waals surface area contributed by atoms with Crippen molar-refractivity contribution in [1.29, 1.82) is 0 Å². The second-order valence-electron chi connectivity index (χ2n) is 5.81. The quantitative estimate of drug-likeness (QED) is 0.708. The van der Waals surface area contributed by atoms with Gasteiger partial charge in [0.05, 0.1) is 12.6 Å². The molecule has 0 fully saturated rings. The number of benzene rings is 1. The summed E-state index contributed by atoms with van der Waals surface area (Å²) in [4.78, 5) is 27.6. The molecular weight excluding hydrogens is 334 g/mol. The van der Waals surface area contributed by atoms with Crippen LogP contribution in [0.1, 0.15) is 33.9 Å². The van der Waals surface area contributed by atoms with Gasteiger partial charge in [-0.15, -0.1) is 11.3 Å². The average Bonchev–Trinajstić information content (AvgIpc) is 3.17. The highest BCUT2D eigenvalue weighted by molar-refractivity contribution is 7.10. The van der Waals surface area contributed by atoms with Gasteiger partial charge in [-0.05, 0) is 30.0 Å². The van der Waals surface area contributed by atoms with Crippen molar-refractivity contribution in [1.82, 2.24) is 14.7 Å². The number of hydrogen-bond donors (Lipinski definition) is 0. The first kappa shape index (κ1) is 17.1. The maximum atomic E-state index is 12.7. The summed E-state index contributed by atoms with van der Waals surface area (Å²) in [6.07, 6.45) is 0. The smallest absolute Gasteiger partial charge is 0.274 e. The van der Waals surface area contributed by atoms with Gasteiger partial charge in [0.15, 0.2) is 0 Å². The third-order valence-electron chi connectivity index (χ3n) is 4.12. The van der Waals surface area contributed by atoms with Crippen molar-refractivity contribution < 1.29 is 4.79 Å². The number of hydrogen-bond acceptors (Lipinski definition) is 4. The summed E-state index contributed by atoms with van der Waals surface area (Å²) in [5.74, 6) is -0.206. The standard InChI is InChI=1S/C19H19N3O2S/c1-14(17-9-6-12-25-17)21(2)19(24)16-10-11-18(23)22(20-16)13-15-7-4-3-5-8-15/h3-12,14H,13H2,1-2H3. The van der Waals surface area contributed by atoms with Crippen molar-refractivity contribution >= 4 is 17.2 Å². The van der Waals surface area contributed by atoms with Gasteiger partial charge in [-0.25, -0.2) is 4.68 Å². The Labute approximate surface area is 150 Å². The lowest BCUT2D eigenvalue weighted by Gasteiger charge is -2.23. The fourth-order valence-corrected chi connectivity index (χ4v) is 3.34. The zero-order valence-electron chi connectivity index (χ0n) is 14.1. The molecule has 1 amide bonds. The SMILES string of the molecule is CC(c1cccs1)N(C)C(=O)c1ccc(=O)n(Cc2ccccc2)n1. The van der Waals surface area contributed by atoms with Gasteiger partial charge in [-0.3, -0.25) is 9.59 Å². The summed E-state index contributed by atoms with van der Waals surface area (Å²) in [5, 5.41) is 6.26. The fraction of sp³-hybridized carbons (Fsp3) is 0.211. The van der Waals surface area contributed by atoms with E-state index in [2.05, 4.69) is 5.10 Å². The van der Waals surface area contributed by atoms with E-state index >= 15 is 0 Å². The lowest BCUT2D eigenvalue weighted by molar-refractivity contribution is 0.0736. The molecule has 0 aliphatic carbocycles. The number of nitrogens with zero attached hydrogens (tertiary/aromatic N) is 3. The molecule has 0 N–H and O–H groups in total. The second-order valence-corrected chi connectivity index (χ2v) is 6.79. The number of aromatic nitrogens is 2. The van der Waals surface area contributed by atoms with Crippen LogP contribution in [0, 0.1) is 0 Å². The normalized spacial score (nSPS) is 11.9. The first-order valence-electron chi connectivity index (χ1n) is 7.99. The highest BCUT2D eigenvalue weighted by Crippen LogP contribution is 2.24. The van der Waals surface area contributed by atoms with E-state index < -0.39 is 0 Å². The third-order valence-corrected chi connectivity index (χ3v) is 5.16. The fourth-order valence-electron chi connectivity index (χ4n) is 2.51. The van der Waals surface area contributed by atoms with Crippen LogP contribution in [0.25, 0.3) is 0 Å². The van der Waals surface area contributed by atoms with E-state index in [4.69, 9.17) is 0 Å². The van der Waals surface area contributed by atoms with Crippen LogP contribution in [0.5, 0.6) is 0 Å². The molecule has 0 aliphatic heterocycles. The molecule has 5 nitrogen and oxygen atoms in total. The van der Waals surface area contributed by atoms with Crippen molar-refractivity contribution in [2.45, 2.75) is 19.5 Å². The summed E-state index contributed by atoms with van der Waals surface area (Å²) >= 11 is 1.61. The summed E-state index contributed by atoms with van der Waals surface area (Å²) in [5.41, 5.74) is 0.998. The van der Waals surface area contributed by atoms with E-state index in [0.717, 1.165) is 10.4 Å². The Kier molecular flexibility index (Phi) is 5.09. The molecule has 0 bridgehead atoms. The van der Waals surface area contributed by atoms with Gasteiger partial charge in [0.2, 0.25) is 0 Å². The molecule has 6 heteroatoms. The Bertz CT molecular complexity index is 904.